The predicted molar refractivity (Wildman–Crippen MR) is 189 cm³/mol. The smallest absolute Gasteiger partial charge is 0.241 e. The first kappa shape index (κ1) is 27.4. The second-order valence-corrected chi connectivity index (χ2v) is 12.4. The molecule has 0 unspecified atom stereocenters. The number of anilines is 2. The van der Waals surface area contributed by atoms with Gasteiger partial charge in [0.25, 0.3) is 0 Å². The van der Waals surface area contributed by atoms with Crippen molar-refractivity contribution in [1.29, 1.82) is 0 Å². The van der Waals surface area contributed by atoms with Crippen molar-refractivity contribution in [3.05, 3.63) is 143 Å². The molecule has 5 aromatic rings. The average molecular weight is 556 g/mol. The summed E-state index contributed by atoms with van der Waals surface area (Å²) in [5, 5.41) is 0. The SMILES string of the molecule is Cc1cccc(C)c1B1c2ccccc2B(c2c(C)cccc2C)c2c1ccc(N1C=CN(c3ccccc3)[C@@H]1C)c2C. The van der Waals surface area contributed by atoms with Gasteiger partial charge in [0.2, 0.25) is 13.4 Å². The normalized spacial score (nSPS) is 15.6. The lowest BCUT2D eigenvalue weighted by molar-refractivity contribution is 0.749. The van der Waals surface area contributed by atoms with Crippen LogP contribution in [-0.2, 0) is 0 Å². The number of aryl methyl sites for hydroxylation is 4. The molecule has 5 aromatic carbocycles. The second-order valence-electron chi connectivity index (χ2n) is 12.4. The quantitative estimate of drug-likeness (QED) is 0.290. The van der Waals surface area contributed by atoms with E-state index in [9.17, 15) is 0 Å². The minimum absolute atomic E-state index is 0.167. The Balaban J connectivity index is 1.48. The van der Waals surface area contributed by atoms with Gasteiger partial charge in [-0.25, -0.2) is 0 Å². The molecule has 0 bridgehead atoms. The van der Waals surface area contributed by atoms with Crippen LogP contribution < -0.4 is 42.6 Å². The molecule has 0 amide bonds. The molecule has 2 aliphatic rings. The van der Waals surface area contributed by atoms with Crippen LogP contribution in [0.15, 0.2) is 116 Å². The number of hydrogen-bond donors (Lipinski definition) is 0. The third kappa shape index (κ3) is 4.35. The largest absolute Gasteiger partial charge is 0.326 e. The molecule has 0 saturated carbocycles. The Morgan fingerprint density at radius 1 is 0.465 bits per heavy atom. The van der Waals surface area contributed by atoms with Gasteiger partial charge in [-0.15, -0.1) is 0 Å². The first-order valence-corrected chi connectivity index (χ1v) is 15.5. The molecule has 0 aliphatic carbocycles. The lowest BCUT2D eigenvalue weighted by atomic mass is 9.20. The Labute approximate surface area is 257 Å². The van der Waals surface area contributed by atoms with E-state index in [-0.39, 0.29) is 19.6 Å². The summed E-state index contributed by atoms with van der Waals surface area (Å²) in [6.45, 7) is 14.1. The van der Waals surface area contributed by atoms with Crippen LogP contribution in [0.3, 0.4) is 0 Å². The van der Waals surface area contributed by atoms with Crippen molar-refractivity contribution in [3.63, 3.8) is 0 Å². The summed E-state index contributed by atoms with van der Waals surface area (Å²) < 4.78 is 0. The Bertz CT molecular complexity index is 1840. The highest BCUT2D eigenvalue weighted by atomic mass is 15.4. The van der Waals surface area contributed by atoms with E-state index in [0.29, 0.717) is 0 Å². The fraction of sp³-hybridized carbons (Fsp3) is 0.179. The third-order valence-electron chi connectivity index (χ3n) is 9.92. The molecule has 0 N–H and O–H groups in total. The molecular formula is C39H38B2N2. The molecule has 7 rings (SSSR count). The van der Waals surface area contributed by atoms with Gasteiger partial charge < -0.3 is 9.80 Å². The first-order valence-electron chi connectivity index (χ1n) is 15.5. The van der Waals surface area contributed by atoms with Crippen LogP contribution in [0, 0.1) is 34.6 Å². The van der Waals surface area contributed by atoms with E-state index in [1.54, 1.807) is 0 Å². The molecule has 43 heavy (non-hydrogen) atoms. The van der Waals surface area contributed by atoms with Crippen LogP contribution in [0.2, 0.25) is 0 Å². The van der Waals surface area contributed by atoms with Crippen molar-refractivity contribution in [2.24, 2.45) is 0 Å². The van der Waals surface area contributed by atoms with Crippen LogP contribution in [0.5, 0.6) is 0 Å². The molecule has 4 heteroatoms. The molecule has 210 valence electrons. The van der Waals surface area contributed by atoms with Gasteiger partial charge in [-0.3, -0.25) is 0 Å². The number of nitrogens with zero attached hydrogens (tertiary/aromatic N) is 2. The summed E-state index contributed by atoms with van der Waals surface area (Å²) in [4.78, 5) is 4.80. The molecule has 0 radical (unpaired) electrons. The van der Waals surface area contributed by atoms with Crippen LogP contribution in [-0.4, -0.2) is 19.6 Å². The van der Waals surface area contributed by atoms with E-state index in [2.05, 4.69) is 167 Å². The van der Waals surface area contributed by atoms with Crippen molar-refractivity contribution in [1.82, 2.24) is 0 Å². The molecule has 1 atom stereocenters. The van der Waals surface area contributed by atoms with E-state index < -0.39 is 0 Å². The van der Waals surface area contributed by atoms with Crippen molar-refractivity contribution >= 4 is 57.6 Å². The standard InChI is InChI=1S/C39H38B2N2/c1-26-14-12-15-27(2)37(26)40-33-20-10-11-21-34(33)41(38-28(3)16-13-17-29(38)4)39-30(5)36(23-22-35(39)40)43-25-24-42(31(43)6)32-18-8-7-9-19-32/h7-25,31H,1-6H3/t31-/m0/s1. The van der Waals surface area contributed by atoms with Gasteiger partial charge >= 0.3 is 0 Å². The van der Waals surface area contributed by atoms with E-state index in [1.165, 1.54) is 72.0 Å². The number of hydrogen-bond acceptors (Lipinski definition) is 2. The molecule has 0 spiro atoms. The highest BCUT2D eigenvalue weighted by Crippen LogP contribution is 2.30. The van der Waals surface area contributed by atoms with Gasteiger partial charge in [0, 0.05) is 23.8 Å². The fourth-order valence-corrected chi connectivity index (χ4v) is 7.90. The highest BCUT2D eigenvalue weighted by molar-refractivity contribution is 7.11. The van der Waals surface area contributed by atoms with Gasteiger partial charge in [-0.05, 0) is 65.3 Å². The highest BCUT2D eigenvalue weighted by Gasteiger charge is 2.42. The van der Waals surface area contributed by atoms with E-state index in [1.807, 2.05) is 0 Å². The lowest BCUT2D eigenvalue weighted by Gasteiger charge is -2.37. The third-order valence-corrected chi connectivity index (χ3v) is 9.92. The molecule has 0 saturated heterocycles. The lowest BCUT2D eigenvalue weighted by Crippen LogP contribution is -2.76. The fourth-order valence-electron chi connectivity index (χ4n) is 7.90. The second kappa shape index (κ2) is 10.7. The predicted octanol–water partition coefficient (Wildman–Crippen LogP) is 4.72. The van der Waals surface area contributed by atoms with Gasteiger partial charge in [-0.2, -0.15) is 0 Å². The summed E-state index contributed by atoms with van der Waals surface area (Å²) in [5.41, 5.74) is 17.9. The Morgan fingerprint density at radius 3 is 1.58 bits per heavy atom. The van der Waals surface area contributed by atoms with E-state index in [4.69, 9.17) is 0 Å². The number of benzene rings is 5. The van der Waals surface area contributed by atoms with E-state index in [0.717, 1.165) is 0 Å². The minimum atomic E-state index is 0.167. The zero-order valence-corrected chi connectivity index (χ0v) is 26.1. The Morgan fingerprint density at radius 2 is 0.977 bits per heavy atom. The van der Waals surface area contributed by atoms with Crippen molar-refractivity contribution in [2.45, 2.75) is 47.7 Å². The Kier molecular flexibility index (Phi) is 6.81. The minimum Gasteiger partial charge on any atom is -0.326 e. The number of rotatable bonds is 4. The molecule has 0 aromatic heterocycles. The van der Waals surface area contributed by atoms with Crippen LogP contribution in [0.1, 0.15) is 34.7 Å². The van der Waals surface area contributed by atoms with Gasteiger partial charge in [-0.1, -0.05) is 140 Å². The molecule has 2 nitrogen and oxygen atoms in total. The first-order chi connectivity index (χ1) is 20.9. The average Bonchev–Trinajstić information content (AvgIpc) is 3.39. The molecule has 2 aliphatic heterocycles. The summed E-state index contributed by atoms with van der Waals surface area (Å²) >= 11 is 0. The van der Waals surface area contributed by atoms with Crippen molar-refractivity contribution in [3.8, 4) is 0 Å². The van der Waals surface area contributed by atoms with E-state index >= 15 is 0 Å². The van der Waals surface area contributed by atoms with Crippen molar-refractivity contribution < 1.29 is 0 Å². The van der Waals surface area contributed by atoms with Gasteiger partial charge in [0.15, 0.2) is 0 Å². The maximum absolute atomic E-state index is 2.44. The van der Waals surface area contributed by atoms with Crippen LogP contribution in [0.25, 0.3) is 0 Å². The molecule has 2 heterocycles. The summed E-state index contributed by atoms with van der Waals surface area (Å²) in [6, 6.07) is 38.2. The zero-order valence-electron chi connectivity index (χ0n) is 26.1. The van der Waals surface area contributed by atoms with Crippen LogP contribution in [0.4, 0.5) is 11.4 Å². The Hall–Kier alpha value is -4.43. The number of para-hydroxylation sites is 1. The number of fused-ring (bicyclic) bond motifs is 2. The molecular weight excluding hydrogens is 518 g/mol. The molecule has 0 fully saturated rings. The summed E-state index contributed by atoms with van der Waals surface area (Å²) in [7, 11) is 0. The van der Waals surface area contributed by atoms with Gasteiger partial charge in [0.05, 0.1) is 0 Å². The monoisotopic (exact) mass is 556 g/mol. The topological polar surface area (TPSA) is 6.48 Å². The van der Waals surface area contributed by atoms with Crippen molar-refractivity contribution in [2.75, 3.05) is 9.80 Å². The summed E-state index contributed by atoms with van der Waals surface area (Å²) in [6.07, 6.45) is 4.64. The van der Waals surface area contributed by atoms with Gasteiger partial charge in [0.1, 0.15) is 6.17 Å². The maximum atomic E-state index is 2.44. The summed E-state index contributed by atoms with van der Waals surface area (Å²) in [5.74, 6) is 0. The zero-order chi connectivity index (χ0) is 29.8. The van der Waals surface area contributed by atoms with Crippen LogP contribution >= 0.6 is 0 Å². The maximum Gasteiger partial charge on any atom is 0.241 e.